The zero-order valence-electron chi connectivity index (χ0n) is 11.9. The summed E-state index contributed by atoms with van der Waals surface area (Å²) in [4.78, 5) is 12.6. The molecule has 0 spiro atoms. The predicted molar refractivity (Wildman–Crippen MR) is 73.2 cm³/mol. The van der Waals surface area contributed by atoms with E-state index in [1.807, 2.05) is 30.3 Å². The molecule has 0 aliphatic carbocycles. The van der Waals surface area contributed by atoms with E-state index in [1.54, 1.807) is 0 Å². The number of rotatable bonds is 2. The van der Waals surface area contributed by atoms with E-state index in [0.717, 1.165) is 5.56 Å². The smallest absolute Gasteiger partial charge is 0.166 e. The minimum Gasteiger partial charge on any atom is -0.294 e. The molecule has 0 aliphatic rings. The van der Waals surface area contributed by atoms with Crippen LogP contribution in [0.1, 0.15) is 51.9 Å². The monoisotopic (exact) mass is 232 g/mol. The molecule has 1 nitrogen and oxygen atoms in total. The molecular formula is C16H24O. The van der Waals surface area contributed by atoms with Crippen LogP contribution in [0, 0.1) is 16.7 Å². The molecule has 0 atom stereocenters. The molecule has 1 heteroatoms. The highest BCUT2D eigenvalue weighted by molar-refractivity contribution is 5.98. The lowest BCUT2D eigenvalue weighted by atomic mass is 9.64. The third-order valence-electron chi connectivity index (χ3n) is 3.05. The van der Waals surface area contributed by atoms with Crippen molar-refractivity contribution in [3.63, 3.8) is 0 Å². The van der Waals surface area contributed by atoms with Crippen LogP contribution in [0.15, 0.2) is 30.3 Å². The highest BCUT2D eigenvalue weighted by atomic mass is 16.1. The normalized spacial score (nSPS) is 12.9. The maximum atomic E-state index is 12.6. The van der Waals surface area contributed by atoms with Gasteiger partial charge in [0.2, 0.25) is 0 Å². The summed E-state index contributed by atoms with van der Waals surface area (Å²) in [5, 5.41) is 0. The zero-order valence-corrected chi connectivity index (χ0v) is 11.9. The summed E-state index contributed by atoms with van der Waals surface area (Å²) >= 11 is 0. The number of hydrogen-bond donors (Lipinski definition) is 0. The molecule has 94 valence electrons. The van der Waals surface area contributed by atoms with E-state index < -0.39 is 0 Å². The number of ketones is 1. The van der Waals surface area contributed by atoms with E-state index >= 15 is 0 Å². The average molecular weight is 232 g/mol. The number of carbonyl (C=O) groups excluding carboxylic acids is 1. The summed E-state index contributed by atoms with van der Waals surface area (Å²) < 4.78 is 0. The van der Waals surface area contributed by atoms with Gasteiger partial charge in [-0.05, 0) is 10.8 Å². The van der Waals surface area contributed by atoms with Gasteiger partial charge in [0.25, 0.3) is 0 Å². The van der Waals surface area contributed by atoms with E-state index in [9.17, 15) is 4.79 Å². The van der Waals surface area contributed by atoms with E-state index in [0.29, 0.717) is 0 Å². The topological polar surface area (TPSA) is 17.1 Å². The third-order valence-corrected chi connectivity index (χ3v) is 3.05. The molecule has 1 aromatic carbocycles. The number of benzene rings is 1. The van der Waals surface area contributed by atoms with Gasteiger partial charge in [0.05, 0.1) is 0 Å². The minimum atomic E-state index is -0.0226. The fourth-order valence-corrected chi connectivity index (χ4v) is 2.85. The fourth-order valence-electron chi connectivity index (χ4n) is 2.85. The predicted octanol–water partition coefficient (Wildman–Crippen LogP) is 4.58. The first kappa shape index (κ1) is 14.0. The summed E-state index contributed by atoms with van der Waals surface area (Å²) in [6.07, 6.45) is 0. The lowest BCUT2D eigenvalue weighted by molar-refractivity contribution is 0.0585. The van der Waals surface area contributed by atoms with Crippen molar-refractivity contribution in [2.24, 2.45) is 16.7 Å². The van der Waals surface area contributed by atoms with E-state index in [1.165, 1.54) is 0 Å². The Hall–Kier alpha value is -1.11. The van der Waals surface area contributed by atoms with Crippen LogP contribution in [0.25, 0.3) is 0 Å². The molecule has 0 saturated carbocycles. The highest BCUT2D eigenvalue weighted by Gasteiger charge is 2.40. The van der Waals surface area contributed by atoms with E-state index in [-0.39, 0.29) is 22.5 Å². The first-order valence-corrected chi connectivity index (χ1v) is 6.23. The van der Waals surface area contributed by atoms with Gasteiger partial charge in [-0.3, -0.25) is 4.79 Å². The average Bonchev–Trinajstić information content (AvgIpc) is 2.14. The van der Waals surface area contributed by atoms with Gasteiger partial charge < -0.3 is 0 Å². The summed E-state index contributed by atoms with van der Waals surface area (Å²) in [6.45, 7) is 12.9. The molecule has 0 aliphatic heterocycles. The Balaban J connectivity index is 3.14. The largest absolute Gasteiger partial charge is 0.294 e. The van der Waals surface area contributed by atoms with Crippen molar-refractivity contribution in [3.8, 4) is 0 Å². The van der Waals surface area contributed by atoms with Gasteiger partial charge in [-0.15, -0.1) is 0 Å². The SMILES string of the molecule is CC(C)(C)C(C(=O)c1ccccc1)C(C)(C)C. The van der Waals surface area contributed by atoms with Crippen LogP contribution in [0.2, 0.25) is 0 Å². The van der Waals surface area contributed by atoms with Crippen molar-refractivity contribution >= 4 is 5.78 Å². The Kier molecular flexibility index (Phi) is 3.81. The van der Waals surface area contributed by atoms with Crippen LogP contribution in [-0.2, 0) is 0 Å². The van der Waals surface area contributed by atoms with Gasteiger partial charge in [-0.2, -0.15) is 0 Å². The van der Waals surface area contributed by atoms with Crippen molar-refractivity contribution in [2.45, 2.75) is 41.5 Å². The highest BCUT2D eigenvalue weighted by Crippen LogP contribution is 2.41. The molecule has 1 aromatic rings. The summed E-state index contributed by atoms with van der Waals surface area (Å²) in [7, 11) is 0. The van der Waals surface area contributed by atoms with E-state index in [2.05, 4.69) is 41.5 Å². The fraction of sp³-hybridized carbons (Fsp3) is 0.562. The van der Waals surface area contributed by atoms with Crippen LogP contribution in [0.5, 0.6) is 0 Å². The summed E-state index contributed by atoms with van der Waals surface area (Å²) in [5.41, 5.74) is 0.776. The molecule has 0 amide bonds. The maximum absolute atomic E-state index is 12.6. The Morgan fingerprint density at radius 3 is 1.65 bits per heavy atom. The van der Waals surface area contributed by atoms with Gasteiger partial charge in [-0.25, -0.2) is 0 Å². The van der Waals surface area contributed by atoms with Crippen molar-refractivity contribution < 1.29 is 4.79 Å². The molecule has 0 heterocycles. The summed E-state index contributed by atoms with van der Waals surface area (Å²) in [5.74, 6) is 0.281. The Morgan fingerprint density at radius 2 is 1.29 bits per heavy atom. The molecule has 0 N–H and O–H groups in total. The lowest BCUT2D eigenvalue weighted by Crippen LogP contribution is -2.38. The molecule has 0 saturated heterocycles. The van der Waals surface area contributed by atoms with Crippen LogP contribution < -0.4 is 0 Å². The van der Waals surface area contributed by atoms with Gasteiger partial charge in [-0.1, -0.05) is 71.9 Å². The maximum Gasteiger partial charge on any atom is 0.166 e. The van der Waals surface area contributed by atoms with Crippen LogP contribution in [0.3, 0.4) is 0 Å². The number of carbonyl (C=O) groups is 1. The van der Waals surface area contributed by atoms with Crippen molar-refractivity contribution in [3.05, 3.63) is 35.9 Å². The Bertz CT molecular complexity index is 362. The van der Waals surface area contributed by atoms with Crippen molar-refractivity contribution in [2.75, 3.05) is 0 Å². The van der Waals surface area contributed by atoms with Gasteiger partial charge in [0.1, 0.15) is 0 Å². The standard InChI is InChI=1S/C16H24O/c1-15(2,3)14(16(4,5)6)13(17)12-10-8-7-9-11-12/h7-11,14H,1-6H3. The molecular weight excluding hydrogens is 208 g/mol. The molecule has 0 aromatic heterocycles. The van der Waals surface area contributed by atoms with Crippen molar-refractivity contribution in [1.29, 1.82) is 0 Å². The van der Waals surface area contributed by atoms with Gasteiger partial charge >= 0.3 is 0 Å². The molecule has 17 heavy (non-hydrogen) atoms. The van der Waals surface area contributed by atoms with Crippen LogP contribution in [-0.4, -0.2) is 5.78 Å². The quantitative estimate of drug-likeness (QED) is 0.682. The van der Waals surface area contributed by atoms with Crippen LogP contribution >= 0.6 is 0 Å². The lowest BCUT2D eigenvalue weighted by Gasteiger charge is -2.39. The number of hydrogen-bond acceptors (Lipinski definition) is 1. The minimum absolute atomic E-state index is 0.0226. The first-order valence-electron chi connectivity index (χ1n) is 6.23. The molecule has 0 unspecified atom stereocenters. The Labute approximate surface area is 105 Å². The second-order valence-corrected chi connectivity index (χ2v) is 6.90. The van der Waals surface area contributed by atoms with Gasteiger partial charge in [0, 0.05) is 11.5 Å². The van der Waals surface area contributed by atoms with E-state index in [4.69, 9.17) is 0 Å². The Morgan fingerprint density at radius 1 is 0.882 bits per heavy atom. The number of Topliss-reactive ketones (excluding diaryl/α,β-unsaturated/α-hetero) is 1. The molecule has 0 radical (unpaired) electrons. The van der Waals surface area contributed by atoms with Crippen LogP contribution in [0.4, 0.5) is 0 Å². The third kappa shape index (κ3) is 3.42. The van der Waals surface area contributed by atoms with Gasteiger partial charge in [0.15, 0.2) is 5.78 Å². The first-order chi connectivity index (χ1) is 7.64. The molecule has 0 bridgehead atoms. The molecule has 0 fully saturated rings. The van der Waals surface area contributed by atoms with Crippen molar-refractivity contribution in [1.82, 2.24) is 0 Å². The zero-order chi connectivity index (χ0) is 13.3. The second-order valence-electron chi connectivity index (χ2n) is 6.90. The molecule has 1 rings (SSSR count). The second kappa shape index (κ2) is 4.64. The summed E-state index contributed by atoms with van der Waals surface area (Å²) in [6, 6.07) is 9.62.